The van der Waals surface area contributed by atoms with E-state index >= 15 is 0 Å². The third kappa shape index (κ3) is 2.65. The molecule has 0 unspecified atom stereocenters. The van der Waals surface area contributed by atoms with Crippen molar-refractivity contribution in [2.24, 2.45) is 5.92 Å². The summed E-state index contributed by atoms with van der Waals surface area (Å²) >= 11 is 3.50. The van der Waals surface area contributed by atoms with Crippen LogP contribution < -0.4 is 0 Å². The van der Waals surface area contributed by atoms with Crippen LogP contribution in [0.4, 0.5) is 0 Å². The van der Waals surface area contributed by atoms with Gasteiger partial charge < -0.3 is 0 Å². The molecule has 0 radical (unpaired) electrons. The summed E-state index contributed by atoms with van der Waals surface area (Å²) in [5.74, 6) is 0.920. The van der Waals surface area contributed by atoms with Crippen LogP contribution in [0.25, 0.3) is 0 Å². The zero-order valence-electron chi connectivity index (χ0n) is 11.1. The number of rotatable bonds is 3. The minimum Gasteiger partial charge on any atom is -0.298 e. The molecule has 1 aromatic rings. The number of benzene rings is 1. The molecule has 18 heavy (non-hydrogen) atoms. The molecule has 3 rings (SSSR count). The summed E-state index contributed by atoms with van der Waals surface area (Å²) in [7, 11) is 0. The molecular weight excluding hydrogens is 286 g/mol. The average molecular weight is 308 g/mol. The third-order valence-corrected chi connectivity index (χ3v) is 5.25. The highest BCUT2D eigenvalue weighted by atomic mass is 79.9. The third-order valence-electron chi connectivity index (χ3n) is 4.72. The molecule has 98 valence electrons. The molecule has 1 aliphatic carbocycles. The molecule has 2 fully saturated rings. The van der Waals surface area contributed by atoms with Gasteiger partial charge >= 0.3 is 0 Å². The van der Waals surface area contributed by atoms with E-state index in [-0.39, 0.29) is 0 Å². The number of nitrogens with zero attached hydrogens (tertiary/aromatic N) is 1. The largest absolute Gasteiger partial charge is 0.298 e. The van der Waals surface area contributed by atoms with Gasteiger partial charge in [-0.2, -0.15) is 0 Å². The van der Waals surface area contributed by atoms with Crippen molar-refractivity contribution in [1.29, 1.82) is 0 Å². The summed E-state index contributed by atoms with van der Waals surface area (Å²) < 4.78 is 1.18. The maximum Gasteiger partial charge on any atom is 0.0175 e. The zero-order chi connectivity index (χ0) is 12.5. The second-order valence-electron chi connectivity index (χ2n) is 6.05. The van der Waals surface area contributed by atoms with E-state index in [4.69, 9.17) is 0 Å². The van der Waals surface area contributed by atoms with Gasteiger partial charge in [0.05, 0.1) is 0 Å². The second-order valence-corrected chi connectivity index (χ2v) is 6.97. The van der Waals surface area contributed by atoms with Gasteiger partial charge in [0, 0.05) is 16.6 Å². The van der Waals surface area contributed by atoms with Crippen LogP contribution in [-0.2, 0) is 6.42 Å². The van der Waals surface area contributed by atoms with Gasteiger partial charge in [0.15, 0.2) is 0 Å². The summed E-state index contributed by atoms with van der Waals surface area (Å²) in [6, 6.07) is 10.6. The Kier molecular flexibility index (Phi) is 3.76. The van der Waals surface area contributed by atoms with Crippen molar-refractivity contribution in [3.8, 4) is 0 Å². The maximum absolute atomic E-state index is 3.50. The van der Waals surface area contributed by atoms with E-state index in [0.29, 0.717) is 0 Å². The predicted octanol–water partition coefficient (Wildman–Crippen LogP) is 4.25. The fourth-order valence-electron chi connectivity index (χ4n) is 3.59. The van der Waals surface area contributed by atoms with Gasteiger partial charge in [-0.1, -0.05) is 28.1 Å². The molecule has 1 atom stereocenters. The highest BCUT2D eigenvalue weighted by molar-refractivity contribution is 9.10. The first-order valence-electron chi connectivity index (χ1n) is 7.22. The molecule has 1 aromatic carbocycles. The molecule has 1 heterocycles. The average Bonchev–Trinajstić information content (AvgIpc) is 2.72. The number of hydrogen-bond donors (Lipinski definition) is 0. The Morgan fingerprint density at radius 2 is 1.94 bits per heavy atom. The number of hydrogen-bond acceptors (Lipinski definition) is 1. The summed E-state index contributed by atoms with van der Waals surface area (Å²) in [6.45, 7) is 3.74. The van der Waals surface area contributed by atoms with Crippen molar-refractivity contribution in [3.63, 3.8) is 0 Å². The fraction of sp³-hybridized carbons (Fsp3) is 0.625. The van der Waals surface area contributed by atoms with E-state index < -0.39 is 0 Å². The van der Waals surface area contributed by atoms with Crippen molar-refractivity contribution < 1.29 is 0 Å². The van der Waals surface area contributed by atoms with Gasteiger partial charge in [0.2, 0.25) is 0 Å². The molecule has 0 amide bonds. The smallest absolute Gasteiger partial charge is 0.0175 e. The SMILES string of the molecule is C[C@@H]1CCCN1[C@H]1C[C@@H](Cc2ccc(Br)cc2)C1. The van der Waals surface area contributed by atoms with Crippen LogP contribution in [0.15, 0.2) is 28.7 Å². The Morgan fingerprint density at radius 1 is 1.22 bits per heavy atom. The highest BCUT2D eigenvalue weighted by Crippen LogP contribution is 2.37. The molecule has 0 aromatic heterocycles. The van der Waals surface area contributed by atoms with E-state index in [0.717, 1.165) is 18.0 Å². The molecule has 1 aliphatic heterocycles. The first kappa shape index (κ1) is 12.7. The van der Waals surface area contributed by atoms with E-state index in [9.17, 15) is 0 Å². The van der Waals surface area contributed by atoms with E-state index in [1.807, 2.05) is 0 Å². The predicted molar refractivity (Wildman–Crippen MR) is 79.8 cm³/mol. The molecule has 1 nitrogen and oxygen atoms in total. The number of likely N-dealkylation sites (tertiary alicyclic amines) is 1. The van der Waals surface area contributed by atoms with Crippen LogP contribution in [-0.4, -0.2) is 23.5 Å². The lowest BCUT2D eigenvalue weighted by atomic mass is 9.75. The van der Waals surface area contributed by atoms with Gasteiger partial charge in [-0.25, -0.2) is 0 Å². The first-order valence-corrected chi connectivity index (χ1v) is 8.02. The van der Waals surface area contributed by atoms with Crippen LogP contribution in [0.5, 0.6) is 0 Å². The minimum atomic E-state index is 0.837. The molecule has 0 spiro atoms. The molecule has 1 saturated carbocycles. The van der Waals surface area contributed by atoms with Crippen LogP contribution in [0.1, 0.15) is 38.2 Å². The van der Waals surface area contributed by atoms with Crippen molar-refractivity contribution in [3.05, 3.63) is 34.3 Å². The van der Waals surface area contributed by atoms with Crippen molar-refractivity contribution in [2.75, 3.05) is 6.54 Å². The topological polar surface area (TPSA) is 3.24 Å². The summed E-state index contributed by atoms with van der Waals surface area (Å²) in [5.41, 5.74) is 1.50. The highest BCUT2D eigenvalue weighted by Gasteiger charge is 2.37. The quantitative estimate of drug-likeness (QED) is 0.806. The number of halogens is 1. The lowest BCUT2D eigenvalue weighted by Crippen LogP contribution is -2.46. The van der Waals surface area contributed by atoms with Crippen LogP contribution in [0.3, 0.4) is 0 Å². The van der Waals surface area contributed by atoms with E-state index in [2.05, 4.69) is 52.0 Å². The Bertz CT molecular complexity index is 394. The van der Waals surface area contributed by atoms with E-state index in [1.54, 1.807) is 0 Å². The zero-order valence-corrected chi connectivity index (χ0v) is 12.7. The van der Waals surface area contributed by atoms with Gasteiger partial charge in [-0.15, -0.1) is 0 Å². The normalized spacial score (nSPS) is 32.4. The van der Waals surface area contributed by atoms with Crippen molar-refractivity contribution in [2.45, 2.75) is 51.1 Å². The monoisotopic (exact) mass is 307 g/mol. The molecule has 0 N–H and O–H groups in total. The summed E-state index contributed by atoms with van der Waals surface area (Å²) in [4.78, 5) is 2.75. The van der Waals surface area contributed by atoms with Crippen molar-refractivity contribution >= 4 is 15.9 Å². The van der Waals surface area contributed by atoms with Crippen LogP contribution in [0, 0.1) is 5.92 Å². The Morgan fingerprint density at radius 3 is 2.56 bits per heavy atom. The van der Waals surface area contributed by atoms with Crippen LogP contribution in [0.2, 0.25) is 0 Å². The Balaban J connectivity index is 1.49. The molecule has 0 bridgehead atoms. The first-order chi connectivity index (χ1) is 8.72. The summed E-state index contributed by atoms with van der Waals surface area (Å²) in [5, 5.41) is 0. The molecule has 1 saturated heterocycles. The fourth-order valence-corrected chi connectivity index (χ4v) is 3.85. The minimum absolute atomic E-state index is 0.837. The Labute approximate surface area is 119 Å². The molecule has 2 aliphatic rings. The molecule has 2 heteroatoms. The maximum atomic E-state index is 3.50. The van der Waals surface area contributed by atoms with Crippen molar-refractivity contribution in [1.82, 2.24) is 4.90 Å². The van der Waals surface area contributed by atoms with Gasteiger partial charge in [0.25, 0.3) is 0 Å². The second kappa shape index (κ2) is 5.34. The van der Waals surface area contributed by atoms with E-state index in [1.165, 1.54) is 48.7 Å². The standard InChI is InChI=1S/C16H22BrN/c1-12-3-2-8-18(12)16-10-14(11-16)9-13-4-6-15(17)7-5-13/h4-7,12,14,16H,2-3,8-11H2,1H3/t12-,14-,16+/m1/s1. The van der Waals surface area contributed by atoms with Gasteiger partial charge in [-0.05, 0) is 69.2 Å². The van der Waals surface area contributed by atoms with Gasteiger partial charge in [-0.3, -0.25) is 4.90 Å². The summed E-state index contributed by atoms with van der Waals surface area (Å²) in [6.07, 6.45) is 6.93. The lowest BCUT2D eigenvalue weighted by molar-refractivity contribution is 0.0732. The molecular formula is C16H22BrN. The Hall–Kier alpha value is -0.340. The van der Waals surface area contributed by atoms with Gasteiger partial charge in [0.1, 0.15) is 0 Å². The lowest BCUT2D eigenvalue weighted by Gasteiger charge is -2.43. The van der Waals surface area contributed by atoms with Crippen LogP contribution >= 0.6 is 15.9 Å².